The molecule has 0 aliphatic heterocycles. The van der Waals surface area contributed by atoms with Gasteiger partial charge in [0.25, 0.3) is 0 Å². The fourth-order valence-electron chi connectivity index (χ4n) is 6.94. The van der Waals surface area contributed by atoms with Crippen molar-refractivity contribution in [3.8, 4) is 0 Å². The van der Waals surface area contributed by atoms with Crippen LogP contribution in [0.1, 0.15) is 60.8 Å². The van der Waals surface area contributed by atoms with E-state index >= 15 is 0 Å². The Morgan fingerprint density at radius 3 is 2.10 bits per heavy atom. The second-order valence-corrected chi connectivity index (χ2v) is 10.3. The number of Topliss-reactive ketones (excluding diaryl/α,β-unsaturated/α-hetero) is 1. The molecule has 2 fully saturated rings. The average molecular weight is 413 g/mol. The molecule has 0 saturated heterocycles. The molecule has 2 saturated carbocycles. The normalized spacial score (nSPS) is 52.6. The van der Waals surface area contributed by atoms with Crippen LogP contribution in [0.5, 0.6) is 0 Å². The third-order valence-electron chi connectivity index (χ3n) is 8.96. The molecule has 0 spiro atoms. The fraction of sp³-hybridized carbons (Fsp3) is 0.864. The molecule has 6 N–H and O–H groups in total. The van der Waals surface area contributed by atoms with Crippen LogP contribution in [0.25, 0.3) is 0 Å². The highest BCUT2D eigenvalue weighted by Crippen LogP contribution is 2.62. The number of carbonyl (C=O) groups excluding carboxylic acids is 1. The third kappa shape index (κ3) is 2.55. The van der Waals surface area contributed by atoms with Crippen molar-refractivity contribution in [2.75, 3.05) is 0 Å². The van der Waals surface area contributed by atoms with Crippen LogP contribution in [0, 0.1) is 22.7 Å². The smallest absolute Gasteiger partial charge is 0.174 e. The van der Waals surface area contributed by atoms with Gasteiger partial charge in [-0.25, -0.2) is 0 Å². The van der Waals surface area contributed by atoms with Crippen LogP contribution in [0.3, 0.4) is 0 Å². The lowest BCUT2D eigenvalue weighted by molar-refractivity contribution is -0.262. The predicted molar refractivity (Wildman–Crippen MR) is 106 cm³/mol. The predicted octanol–water partition coefficient (Wildman–Crippen LogP) is 0.294. The summed E-state index contributed by atoms with van der Waals surface area (Å²) in [6, 6.07) is 0. The summed E-state index contributed by atoms with van der Waals surface area (Å²) in [5.41, 5.74) is -5.27. The van der Waals surface area contributed by atoms with E-state index in [1.165, 1.54) is 6.92 Å². The van der Waals surface area contributed by atoms with Gasteiger partial charge in [-0.2, -0.15) is 0 Å². The summed E-state index contributed by atoms with van der Waals surface area (Å²) in [7, 11) is 0. The number of hydrogen-bond acceptors (Lipinski definition) is 7. The molecule has 0 radical (unpaired) electrons. The van der Waals surface area contributed by atoms with Gasteiger partial charge in [-0.15, -0.1) is 0 Å². The molecule has 29 heavy (non-hydrogen) atoms. The Balaban J connectivity index is 2.39. The van der Waals surface area contributed by atoms with Crippen molar-refractivity contribution < 1.29 is 35.4 Å². The van der Waals surface area contributed by atoms with Crippen LogP contribution in [0.2, 0.25) is 0 Å². The molecular formula is C22H36O7. The van der Waals surface area contributed by atoms with Crippen LogP contribution in [0.4, 0.5) is 0 Å². The molecule has 166 valence electrons. The Bertz CT molecular complexity index is 745. The van der Waals surface area contributed by atoms with Gasteiger partial charge in [-0.05, 0) is 37.3 Å². The van der Waals surface area contributed by atoms with E-state index in [0.29, 0.717) is 5.57 Å². The molecular weight excluding hydrogens is 376 g/mol. The number of ketones is 1. The van der Waals surface area contributed by atoms with Crippen molar-refractivity contribution in [2.24, 2.45) is 22.7 Å². The SMILES string of the molecule is CCC1(O)C(O)CC(O)C2(C)C(=O)C(O)C3=C(C)C(O)CC(O)(C(C)C12)C3(C)C. The summed E-state index contributed by atoms with van der Waals surface area (Å²) < 4.78 is 0. The van der Waals surface area contributed by atoms with Crippen LogP contribution in [0.15, 0.2) is 11.1 Å². The van der Waals surface area contributed by atoms with E-state index in [1.54, 1.807) is 34.6 Å². The first kappa shape index (κ1) is 22.8. The third-order valence-corrected chi connectivity index (χ3v) is 8.96. The van der Waals surface area contributed by atoms with Gasteiger partial charge in [0.2, 0.25) is 0 Å². The maximum atomic E-state index is 13.7. The summed E-state index contributed by atoms with van der Waals surface area (Å²) >= 11 is 0. The van der Waals surface area contributed by atoms with E-state index in [2.05, 4.69) is 0 Å². The minimum atomic E-state index is -1.74. The van der Waals surface area contributed by atoms with Gasteiger partial charge in [0.1, 0.15) is 6.10 Å². The highest BCUT2D eigenvalue weighted by Gasteiger charge is 2.71. The largest absolute Gasteiger partial charge is 0.392 e. The number of rotatable bonds is 1. The van der Waals surface area contributed by atoms with Gasteiger partial charge in [0.15, 0.2) is 5.78 Å². The maximum Gasteiger partial charge on any atom is 0.174 e. The Hall–Kier alpha value is -0.830. The molecule has 0 aromatic heterocycles. The first-order valence-corrected chi connectivity index (χ1v) is 10.5. The van der Waals surface area contributed by atoms with E-state index < -0.39 is 64.1 Å². The van der Waals surface area contributed by atoms with Crippen LogP contribution in [-0.4, -0.2) is 72.0 Å². The summed E-state index contributed by atoms with van der Waals surface area (Å²) in [4.78, 5) is 13.7. The Labute approximate surface area is 172 Å². The summed E-state index contributed by atoms with van der Waals surface area (Å²) in [5.74, 6) is -2.46. The summed E-state index contributed by atoms with van der Waals surface area (Å²) in [6.07, 6.45) is -5.40. The van der Waals surface area contributed by atoms with Crippen molar-refractivity contribution >= 4 is 5.78 Å². The van der Waals surface area contributed by atoms with E-state index in [4.69, 9.17) is 0 Å². The van der Waals surface area contributed by atoms with Gasteiger partial charge >= 0.3 is 0 Å². The Morgan fingerprint density at radius 1 is 1.03 bits per heavy atom. The lowest BCUT2D eigenvalue weighted by Crippen LogP contribution is -2.74. The monoisotopic (exact) mass is 412 g/mol. The Morgan fingerprint density at radius 2 is 1.59 bits per heavy atom. The van der Waals surface area contributed by atoms with Crippen molar-refractivity contribution in [1.29, 1.82) is 0 Å². The van der Waals surface area contributed by atoms with Crippen molar-refractivity contribution in [3.05, 3.63) is 11.1 Å². The molecule has 2 bridgehead atoms. The molecule has 9 atom stereocenters. The molecule has 0 aromatic carbocycles. The quantitative estimate of drug-likeness (QED) is 0.340. The molecule has 7 nitrogen and oxygen atoms in total. The second kappa shape index (κ2) is 6.58. The molecule has 3 rings (SSSR count). The van der Waals surface area contributed by atoms with E-state index in [9.17, 15) is 35.4 Å². The van der Waals surface area contributed by atoms with Gasteiger partial charge in [0.05, 0.1) is 34.9 Å². The number of hydrogen-bond donors (Lipinski definition) is 6. The summed E-state index contributed by atoms with van der Waals surface area (Å²) in [6.45, 7) is 10.0. The lowest BCUT2D eigenvalue weighted by Gasteiger charge is -2.64. The first-order valence-electron chi connectivity index (χ1n) is 10.5. The maximum absolute atomic E-state index is 13.7. The van der Waals surface area contributed by atoms with Gasteiger partial charge in [0, 0.05) is 24.2 Å². The number of aliphatic hydroxyl groups is 6. The highest BCUT2D eigenvalue weighted by molar-refractivity contribution is 5.93. The first-order chi connectivity index (χ1) is 13.1. The fourth-order valence-corrected chi connectivity index (χ4v) is 6.94. The molecule has 3 aliphatic rings. The molecule has 0 aromatic rings. The molecule has 0 amide bonds. The topological polar surface area (TPSA) is 138 Å². The van der Waals surface area contributed by atoms with Gasteiger partial charge in [-0.1, -0.05) is 27.7 Å². The number of fused-ring (bicyclic) bond motifs is 3. The minimum Gasteiger partial charge on any atom is -0.392 e. The average Bonchev–Trinajstić information content (AvgIpc) is 2.63. The lowest BCUT2D eigenvalue weighted by atomic mass is 9.43. The van der Waals surface area contributed by atoms with Crippen LogP contribution < -0.4 is 0 Å². The number of carbonyl (C=O) groups is 1. The minimum absolute atomic E-state index is 0.0318. The summed E-state index contributed by atoms with van der Waals surface area (Å²) in [5, 5.41) is 67.0. The molecule has 3 aliphatic carbocycles. The zero-order valence-corrected chi connectivity index (χ0v) is 18.2. The highest BCUT2D eigenvalue weighted by atomic mass is 16.3. The molecule has 7 heteroatoms. The number of aliphatic hydroxyl groups excluding tert-OH is 4. The van der Waals surface area contributed by atoms with Gasteiger partial charge in [-0.3, -0.25) is 4.79 Å². The zero-order chi connectivity index (χ0) is 22.3. The van der Waals surface area contributed by atoms with E-state index in [1.807, 2.05) is 0 Å². The van der Waals surface area contributed by atoms with E-state index in [-0.39, 0.29) is 24.8 Å². The van der Waals surface area contributed by atoms with Crippen LogP contribution in [-0.2, 0) is 4.79 Å². The molecule has 9 unspecified atom stereocenters. The van der Waals surface area contributed by atoms with Crippen molar-refractivity contribution in [3.63, 3.8) is 0 Å². The van der Waals surface area contributed by atoms with Crippen molar-refractivity contribution in [2.45, 2.75) is 96.4 Å². The van der Waals surface area contributed by atoms with Crippen molar-refractivity contribution in [1.82, 2.24) is 0 Å². The zero-order valence-electron chi connectivity index (χ0n) is 18.2. The standard InChI is InChI=1S/C22H36O7/c1-7-21(28)14(25)8-13(24)20(6)17(21)11(3)22(29)9-12(23)10(2)15(19(22,4)5)16(26)18(20)27/h11-14,16-17,23-26,28-29H,7-9H2,1-6H3. The van der Waals surface area contributed by atoms with E-state index in [0.717, 1.165) is 0 Å². The van der Waals surface area contributed by atoms with Crippen LogP contribution >= 0.6 is 0 Å². The Kier molecular flexibility index (Phi) is 5.19. The second-order valence-electron chi connectivity index (χ2n) is 10.3. The molecule has 0 heterocycles. The van der Waals surface area contributed by atoms with Gasteiger partial charge < -0.3 is 30.6 Å².